The Labute approximate surface area is 150 Å². The molecule has 1 aromatic rings. The molecule has 136 valence electrons. The lowest BCUT2D eigenvalue weighted by molar-refractivity contribution is -0.124. The summed E-state index contributed by atoms with van der Waals surface area (Å²) in [5.74, 6) is 0.720. The maximum Gasteiger partial charge on any atom is 0.220 e. The minimum absolute atomic E-state index is 0. The van der Waals surface area contributed by atoms with E-state index >= 15 is 0 Å². The molecule has 6 heteroatoms. The highest BCUT2D eigenvalue weighted by molar-refractivity contribution is 5.85. The second-order valence-electron chi connectivity index (χ2n) is 6.53. The molecule has 0 bridgehead atoms. The highest BCUT2D eigenvalue weighted by Gasteiger charge is 2.32. The number of hydrogen-bond donors (Lipinski definition) is 3. The van der Waals surface area contributed by atoms with Crippen molar-refractivity contribution < 1.29 is 14.6 Å². The van der Waals surface area contributed by atoms with Crippen LogP contribution >= 0.6 is 12.4 Å². The van der Waals surface area contributed by atoms with E-state index in [1.807, 2.05) is 0 Å². The zero-order valence-corrected chi connectivity index (χ0v) is 15.1. The first-order chi connectivity index (χ1) is 11.1. The van der Waals surface area contributed by atoms with E-state index in [0.717, 1.165) is 37.0 Å². The molecule has 0 radical (unpaired) electrons. The molecule has 1 unspecified atom stereocenters. The van der Waals surface area contributed by atoms with E-state index in [4.69, 9.17) is 10.5 Å². The Bertz CT molecular complexity index is 501. The van der Waals surface area contributed by atoms with Crippen LogP contribution in [-0.2, 0) is 4.79 Å². The molecule has 0 heterocycles. The Hall–Kier alpha value is -1.30. The highest BCUT2D eigenvalue weighted by atomic mass is 35.5. The number of aliphatic hydroxyl groups is 1. The van der Waals surface area contributed by atoms with Crippen molar-refractivity contribution in [2.75, 3.05) is 20.2 Å². The van der Waals surface area contributed by atoms with Crippen LogP contribution in [0.4, 0.5) is 0 Å². The molecule has 5 nitrogen and oxygen atoms in total. The summed E-state index contributed by atoms with van der Waals surface area (Å²) in [6, 6.07) is 7.20. The van der Waals surface area contributed by atoms with Gasteiger partial charge in [0.05, 0.1) is 13.2 Å². The maximum atomic E-state index is 12.2. The second kappa shape index (κ2) is 9.87. The number of hydrogen-bond acceptors (Lipinski definition) is 4. The summed E-state index contributed by atoms with van der Waals surface area (Å²) < 4.78 is 5.09. The van der Waals surface area contributed by atoms with Crippen molar-refractivity contribution in [1.82, 2.24) is 5.32 Å². The van der Waals surface area contributed by atoms with Crippen molar-refractivity contribution in [2.45, 2.75) is 44.6 Å². The van der Waals surface area contributed by atoms with Crippen molar-refractivity contribution in [3.8, 4) is 5.75 Å². The fourth-order valence-corrected chi connectivity index (χ4v) is 3.31. The minimum atomic E-state index is -0.718. The van der Waals surface area contributed by atoms with Crippen molar-refractivity contribution in [2.24, 2.45) is 11.1 Å². The molecule has 1 fully saturated rings. The van der Waals surface area contributed by atoms with Crippen molar-refractivity contribution in [3.05, 3.63) is 29.8 Å². The fourth-order valence-electron chi connectivity index (χ4n) is 3.31. The Morgan fingerprint density at radius 2 is 1.92 bits per heavy atom. The number of halogens is 1. The quantitative estimate of drug-likeness (QED) is 0.701. The molecule has 1 amide bonds. The molecule has 1 saturated carbocycles. The Kier molecular flexibility index (Phi) is 8.53. The van der Waals surface area contributed by atoms with Crippen molar-refractivity contribution in [1.29, 1.82) is 0 Å². The summed E-state index contributed by atoms with van der Waals surface area (Å²) in [7, 11) is 1.60. The van der Waals surface area contributed by atoms with Gasteiger partial charge in [-0.2, -0.15) is 0 Å². The van der Waals surface area contributed by atoms with Crippen molar-refractivity contribution >= 4 is 18.3 Å². The van der Waals surface area contributed by atoms with Gasteiger partial charge in [0.15, 0.2) is 0 Å². The molecular formula is C18H29ClN2O3. The highest BCUT2D eigenvalue weighted by Crippen LogP contribution is 2.38. The summed E-state index contributed by atoms with van der Waals surface area (Å²) in [5, 5.41) is 13.0. The third-order valence-electron chi connectivity index (χ3n) is 4.88. The summed E-state index contributed by atoms with van der Waals surface area (Å²) in [6.07, 6.45) is 5.33. The van der Waals surface area contributed by atoms with Crippen LogP contribution in [0.1, 0.15) is 50.2 Å². The largest absolute Gasteiger partial charge is 0.497 e. The topological polar surface area (TPSA) is 84.6 Å². The van der Waals surface area contributed by atoms with Crippen LogP contribution in [0.2, 0.25) is 0 Å². The van der Waals surface area contributed by atoms with E-state index in [1.165, 1.54) is 6.42 Å². The van der Waals surface area contributed by atoms with Gasteiger partial charge >= 0.3 is 0 Å². The summed E-state index contributed by atoms with van der Waals surface area (Å²) in [6.45, 7) is 0.771. The molecule has 1 aliphatic rings. The van der Waals surface area contributed by atoms with Gasteiger partial charge in [0.25, 0.3) is 0 Å². The third-order valence-corrected chi connectivity index (χ3v) is 4.88. The number of rotatable bonds is 7. The first-order valence-electron chi connectivity index (χ1n) is 8.37. The number of carbonyl (C=O) groups excluding carboxylic acids is 1. The van der Waals surface area contributed by atoms with E-state index < -0.39 is 6.10 Å². The number of nitrogens with two attached hydrogens (primary N) is 1. The number of methoxy groups -OCH3 is 1. The summed E-state index contributed by atoms with van der Waals surface area (Å²) in [4.78, 5) is 12.2. The number of carbonyl (C=O) groups is 1. The summed E-state index contributed by atoms with van der Waals surface area (Å²) in [5.41, 5.74) is 6.63. The SMILES string of the molecule is COc1ccc(C(O)CNC(=O)CC2(CN)CCCCC2)cc1.Cl. The fraction of sp³-hybridized carbons (Fsp3) is 0.611. The Morgan fingerprint density at radius 1 is 1.29 bits per heavy atom. The predicted molar refractivity (Wildman–Crippen MR) is 97.4 cm³/mol. The van der Waals surface area contributed by atoms with Crippen LogP contribution in [0.25, 0.3) is 0 Å². The van der Waals surface area contributed by atoms with Gasteiger partial charge in [0, 0.05) is 13.0 Å². The third kappa shape index (κ3) is 5.65. The first-order valence-corrected chi connectivity index (χ1v) is 8.37. The van der Waals surface area contributed by atoms with Crippen LogP contribution in [0.5, 0.6) is 5.75 Å². The van der Waals surface area contributed by atoms with E-state index in [-0.39, 0.29) is 30.3 Å². The maximum absolute atomic E-state index is 12.2. The number of amides is 1. The zero-order chi connectivity index (χ0) is 16.7. The monoisotopic (exact) mass is 356 g/mol. The number of ether oxygens (including phenoxy) is 1. The van der Waals surface area contributed by atoms with Gasteiger partial charge in [-0.25, -0.2) is 0 Å². The molecule has 1 atom stereocenters. The van der Waals surface area contributed by atoms with Crippen molar-refractivity contribution in [3.63, 3.8) is 0 Å². The molecular weight excluding hydrogens is 328 g/mol. The smallest absolute Gasteiger partial charge is 0.220 e. The Morgan fingerprint density at radius 3 is 2.46 bits per heavy atom. The van der Waals surface area contributed by atoms with Gasteiger partial charge < -0.3 is 20.9 Å². The normalized spacial score (nSPS) is 17.5. The summed E-state index contributed by atoms with van der Waals surface area (Å²) >= 11 is 0. The van der Waals surface area contributed by atoms with E-state index in [1.54, 1.807) is 31.4 Å². The van der Waals surface area contributed by atoms with E-state index in [0.29, 0.717) is 13.0 Å². The average Bonchev–Trinajstić information content (AvgIpc) is 2.60. The molecule has 24 heavy (non-hydrogen) atoms. The van der Waals surface area contributed by atoms with Gasteiger partial charge in [-0.05, 0) is 42.5 Å². The van der Waals surface area contributed by atoms with Crippen LogP contribution in [-0.4, -0.2) is 31.2 Å². The van der Waals surface area contributed by atoms with Crippen LogP contribution in [0, 0.1) is 5.41 Å². The second-order valence-corrected chi connectivity index (χ2v) is 6.53. The average molecular weight is 357 g/mol. The molecule has 0 aliphatic heterocycles. The molecule has 0 aromatic heterocycles. The standard InChI is InChI=1S/C18H28N2O3.ClH/c1-23-15-7-5-14(6-8-15)16(21)12-20-17(22)11-18(13-19)9-3-2-4-10-18;/h5-8,16,21H,2-4,9-13,19H2,1H3,(H,20,22);1H. The van der Waals surface area contributed by atoms with Gasteiger partial charge in [-0.15, -0.1) is 12.4 Å². The van der Waals surface area contributed by atoms with E-state index in [9.17, 15) is 9.90 Å². The first kappa shape index (κ1) is 20.7. The number of nitrogens with one attached hydrogen (secondary N) is 1. The molecule has 0 saturated heterocycles. The van der Waals surface area contributed by atoms with Gasteiger partial charge in [0.2, 0.25) is 5.91 Å². The van der Waals surface area contributed by atoms with Crippen LogP contribution in [0.3, 0.4) is 0 Å². The lowest BCUT2D eigenvalue weighted by Gasteiger charge is -2.35. The lowest BCUT2D eigenvalue weighted by atomic mass is 9.71. The molecule has 1 aromatic carbocycles. The molecule has 2 rings (SSSR count). The Balaban J connectivity index is 0.00000288. The van der Waals surface area contributed by atoms with E-state index in [2.05, 4.69) is 5.32 Å². The zero-order valence-electron chi connectivity index (χ0n) is 14.3. The number of benzene rings is 1. The van der Waals surface area contributed by atoms with Crippen LogP contribution in [0.15, 0.2) is 24.3 Å². The van der Waals surface area contributed by atoms with Gasteiger partial charge in [-0.1, -0.05) is 31.4 Å². The van der Waals surface area contributed by atoms with Gasteiger partial charge in [-0.3, -0.25) is 4.79 Å². The minimum Gasteiger partial charge on any atom is -0.497 e. The van der Waals surface area contributed by atoms with Gasteiger partial charge in [0.1, 0.15) is 5.75 Å². The molecule has 0 spiro atoms. The van der Waals surface area contributed by atoms with Crippen LogP contribution < -0.4 is 15.8 Å². The predicted octanol–water partition coefficient (Wildman–Crippen LogP) is 2.57. The number of aliphatic hydroxyl groups excluding tert-OH is 1. The lowest BCUT2D eigenvalue weighted by Crippen LogP contribution is -2.39. The molecule has 1 aliphatic carbocycles. The molecule has 4 N–H and O–H groups in total.